The number of aromatic nitrogens is 1. The number of fused-ring (bicyclic) bond motifs is 5. The van der Waals surface area contributed by atoms with Crippen LogP contribution in [-0.2, 0) is 0 Å². The molecular weight excluding hydrogens is 625 g/mol. The Kier molecular flexibility index (Phi) is 6.78. The largest absolute Gasteiger partial charge is 0.454 e. The molecule has 0 saturated heterocycles. The predicted octanol–water partition coefficient (Wildman–Crippen LogP) is 13.4. The van der Waals surface area contributed by atoms with Gasteiger partial charge in [0.25, 0.3) is 0 Å². The van der Waals surface area contributed by atoms with Gasteiger partial charge in [-0.05, 0) is 87.6 Å². The maximum absolute atomic E-state index is 6.77. The van der Waals surface area contributed by atoms with E-state index in [0.29, 0.717) is 5.89 Å². The second-order valence-electron chi connectivity index (χ2n) is 12.7. The van der Waals surface area contributed by atoms with Gasteiger partial charge in [0.05, 0.1) is 5.69 Å². The minimum Gasteiger partial charge on any atom is -0.454 e. The Labute approximate surface area is 294 Å². The van der Waals surface area contributed by atoms with Crippen LogP contribution in [0.5, 0.6) is 0 Å². The molecule has 0 atom stereocenters. The Balaban J connectivity index is 1.15. The summed E-state index contributed by atoms with van der Waals surface area (Å²) in [5, 5.41) is 4.45. The van der Waals surface area contributed by atoms with Crippen molar-refractivity contribution in [1.82, 2.24) is 4.98 Å². The van der Waals surface area contributed by atoms with Gasteiger partial charge in [0.2, 0.25) is 5.89 Å². The third kappa shape index (κ3) is 4.96. The zero-order valence-corrected chi connectivity index (χ0v) is 27.5. The third-order valence-corrected chi connectivity index (χ3v) is 9.73. The van der Waals surface area contributed by atoms with Gasteiger partial charge in [-0.1, -0.05) is 127 Å². The van der Waals surface area contributed by atoms with Crippen molar-refractivity contribution in [2.75, 3.05) is 4.90 Å². The van der Waals surface area contributed by atoms with Crippen LogP contribution in [0.3, 0.4) is 0 Å². The van der Waals surface area contributed by atoms with Crippen LogP contribution in [0.1, 0.15) is 0 Å². The summed E-state index contributed by atoms with van der Waals surface area (Å²) in [6.45, 7) is 0. The van der Waals surface area contributed by atoms with Gasteiger partial charge in [0, 0.05) is 27.7 Å². The minimum atomic E-state index is 0.576. The molecule has 0 unspecified atom stereocenters. The number of furan rings is 1. The number of anilines is 3. The average molecular weight is 655 g/mol. The van der Waals surface area contributed by atoms with Crippen molar-refractivity contribution in [3.63, 3.8) is 0 Å². The number of hydrogen-bond acceptors (Lipinski definition) is 4. The van der Waals surface area contributed by atoms with Gasteiger partial charge >= 0.3 is 0 Å². The summed E-state index contributed by atoms with van der Waals surface area (Å²) in [5.74, 6) is 0.576. The van der Waals surface area contributed by atoms with Gasteiger partial charge < -0.3 is 13.7 Å². The number of rotatable bonds is 6. The van der Waals surface area contributed by atoms with E-state index in [4.69, 9.17) is 13.8 Å². The number of benzene rings is 8. The van der Waals surface area contributed by atoms with Crippen LogP contribution in [0.4, 0.5) is 17.1 Å². The van der Waals surface area contributed by atoms with E-state index in [-0.39, 0.29) is 0 Å². The van der Waals surface area contributed by atoms with E-state index in [1.807, 2.05) is 42.5 Å². The lowest BCUT2D eigenvalue weighted by molar-refractivity contribution is 0.620. The topological polar surface area (TPSA) is 42.4 Å². The molecule has 10 aromatic rings. The lowest BCUT2D eigenvalue weighted by Gasteiger charge is -2.26. The maximum Gasteiger partial charge on any atom is 0.228 e. The van der Waals surface area contributed by atoms with Crippen LogP contribution >= 0.6 is 0 Å². The summed E-state index contributed by atoms with van der Waals surface area (Å²) in [6, 6.07) is 63.4. The zero-order valence-electron chi connectivity index (χ0n) is 27.5. The normalized spacial score (nSPS) is 11.5. The smallest absolute Gasteiger partial charge is 0.228 e. The van der Waals surface area contributed by atoms with Crippen molar-refractivity contribution in [1.29, 1.82) is 0 Å². The van der Waals surface area contributed by atoms with Crippen molar-refractivity contribution in [3.8, 4) is 33.7 Å². The van der Waals surface area contributed by atoms with E-state index in [9.17, 15) is 0 Å². The molecule has 0 N–H and O–H groups in total. The standard InChI is InChI=1S/C47H30N2O2/c1-2-11-31(12-3-1)32-23-27-35(28-24-32)49(36-29-25-34(26-30-36)38-16-8-14-33-13-4-5-15-37(33)38)42-20-9-17-39-45-40(18-10-22-44(45)50-46(39)42)47-48-41-19-6-7-21-43(41)51-47/h1-30H. The molecular formula is C47H30N2O2. The predicted molar refractivity (Wildman–Crippen MR) is 210 cm³/mol. The van der Waals surface area contributed by atoms with E-state index in [2.05, 4.69) is 144 Å². The Morgan fingerprint density at radius 1 is 0.412 bits per heavy atom. The van der Waals surface area contributed by atoms with Gasteiger partial charge in [0.15, 0.2) is 11.2 Å². The summed E-state index contributed by atoms with van der Waals surface area (Å²) in [7, 11) is 0. The summed E-state index contributed by atoms with van der Waals surface area (Å²) in [4.78, 5) is 7.12. The first-order chi connectivity index (χ1) is 25.3. The summed E-state index contributed by atoms with van der Waals surface area (Å²) in [5.41, 5.74) is 11.8. The fraction of sp³-hybridized carbons (Fsp3) is 0. The van der Waals surface area contributed by atoms with Crippen molar-refractivity contribution in [2.45, 2.75) is 0 Å². The molecule has 2 aromatic heterocycles. The van der Waals surface area contributed by atoms with Crippen molar-refractivity contribution >= 4 is 60.9 Å². The van der Waals surface area contributed by atoms with Gasteiger partial charge in [-0.3, -0.25) is 0 Å². The molecule has 0 bridgehead atoms. The second kappa shape index (κ2) is 11.9. The van der Waals surface area contributed by atoms with Gasteiger partial charge in [-0.15, -0.1) is 0 Å². The molecule has 8 aromatic carbocycles. The Hall–Kier alpha value is -6.91. The first-order valence-electron chi connectivity index (χ1n) is 17.1. The highest BCUT2D eigenvalue weighted by atomic mass is 16.3. The van der Waals surface area contributed by atoms with Crippen LogP contribution in [0.25, 0.3) is 77.5 Å². The number of nitrogens with zero attached hydrogens (tertiary/aromatic N) is 2. The summed E-state index contributed by atoms with van der Waals surface area (Å²) in [6.07, 6.45) is 0. The van der Waals surface area contributed by atoms with Crippen LogP contribution in [0.2, 0.25) is 0 Å². The van der Waals surface area contributed by atoms with Gasteiger partial charge in [0.1, 0.15) is 11.1 Å². The summed E-state index contributed by atoms with van der Waals surface area (Å²) >= 11 is 0. The zero-order chi connectivity index (χ0) is 33.7. The molecule has 0 aliphatic heterocycles. The SMILES string of the molecule is c1ccc(-c2ccc(N(c3ccc(-c4cccc5ccccc45)cc3)c3cccc4c3oc3cccc(-c5nc6ccccc6o5)c34)cc2)cc1. The monoisotopic (exact) mass is 654 g/mol. The van der Waals surface area contributed by atoms with Crippen LogP contribution in [0.15, 0.2) is 191 Å². The van der Waals surface area contributed by atoms with E-state index < -0.39 is 0 Å². The van der Waals surface area contributed by atoms with Crippen molar-refractivity contribution < 1.29 is 8.83 Å². The van der Waals surface area contributed by atoms with Crippen molar-refractivity contribution in [3.05, 3.63) is 182 Å². The average Bonchev–Trinajstić information content (AvgIpc) is 3.81. The van der Waals surface area contributed by atoms with Crippen LogP contribution in [0, 0.1) is 0 Å². The van der Waals surface area contributed by atoms with E-state index in [1.165, 1.54) is 27.5 Å². The lowest BCUT2D eigenvalue weighted by atomic mass is 9.98. The molecule has 0 aliphatic rings. The molecule has 240 valence electrons. The van der Waals surface area contributed by atoms with E-state index >= 15 is 0 Å². The molecule has 0 spiro atoms. The molecule has 10 rings (SSSR count). The maximum atomic E-state index is 6.77. The number of hydrogen-bond donors (Lipinski definition) is 0. The van der Waals surface area contributed by atoms with E-state index in [0.717, 1.165) is 61.2 Å². The molecule has 4 heteroatoms. The van der Waals surface area contributed by atoms with Crippen molar-refractivity contribution in [2.24, 2.45) is 0 Å². The molecule has 2 heterocycles. The molecule has 0 aliphatic carbocycles. The van der Waals surface area contributed by atoms with E-state index in [1.54, 1.807) is 0 Å². The molecule has 0 amide bonds. The number of oxazole rings is 1. The second-order valence-corrected chi connectivity index (χ2v) is 12.7. The minimum absolute atomic E-state index is 0.576. The molecule has 0 radical (unpaired) electrons. The third-order valence-electron chi connectivity index (χ3n) is 9.73. The van der Waals surface area contributed by atoms with Crippen LogP contribution in [-0.4, -0.2) is 4.98 Å². The van der Waals surface area contributed by atoms with Gasteiger partial charge in [-0.25, -0.2) is 4.98 Å². The first-order valence-corrected chi connectivity index (χ1v) is 17.1. The number of para-hydroxylation sites is 3. The Bertz CT molecular complexity index is 2810. The fourth-order valence-electron chi connectivity index (χ4n) is 7.30. The highest BCUT2D eigenvalue weighted by molar-refractivity contribution is 6.15. The highest BCUT2D eigenvalue weighted by Crippen LogP contribution is 2.45. The molecule has 4 nitrogen and oxygen atoms in total. The van der Waals surface area contributed by atoms with Gasteiger partial charge in [-0.2, -0.15) is 0 Å². The molecule has 0 fully saturated rings. The quantitative estimate of drug-likeness (QED) is 0.179. The first kappa shape index (κ1) is 29.0. The lowest BCUT2D eigenvalue weighted by Crippen LogP contribution is -2.10. The van der Waals surface area contributed by atoms with Crippen LogP contribution < -0.4 is 4.90 Å². The summed E-state index contributed by atoms with van der Waals surface area (Å²) < 4.78 is 13.0. The molecule has 0 saturated carbocycles. The Morgan fingerprint density at radius 2 is 1.02 bits per heavy atom. The molecule has 51 heavy (non-hydrogen) atoms. The highest BCUT2D eigenvalue weighted by Gasteiger charge is 2.22. The fourth-order valence-corrected chi connectivity index (χ4v) is 7.30. The Morgan fingerprint density at radius 3 is 1.84 bits per heavy atom.